The Kier molecular flexibility index (Phi) is 8.59. The van der Waals surface area contributed by atoms with Gasteiger partial charge in [-0.15, -0.1) is 0 Å². The number of hydrogen-bond donors (Lipinski definition) is 1. The fourth-order valence-electron chi connectivity index (χ4n) is 1.87. The van der Waals surface area contributed by atoms with E-state index in [1.807, 2.05) is 0 Å². The van der Waals surface area contributed by atoms with Crippen LogP contribution in [0, 0.1) is 0 Å². The molecule has 22 heavy (non-hydrogen) atoms. The van der Waals surface area contributed by atoms with Crippen LogP contribution in [0.3, 0.4) is 0 Å². The first kappa shape index (κ1) is 19.1. The van der Waals surface area contributed by atoms with E-state index in [-0.39, 0.29) is 15.8 Å². The lowest BCUT2D eigenvalue weighted by atomic mass is 10.2. The lowest BCUT2D eigenvalue weighted by molar-refractivity contribution is 0.0674. The van der Waals surface area contributed by atoms with E-state index in [0.29, 0.717) is 38.3 Å². The molecule has 0 aliphatic heterocycles. The molecular weight excluding hydrogens is 330 g/mol. The molecule has 1 aromatic carbocycles. The summed E-state index contributed by atoms with van der Waals surface area (Å²) in [5.41, 5.74) is 0.315. The molecule has 1 N–H and O–H groups in total. The molecule has 0 radical (unpaired) electrons. The standard InChI is InChI=1S/C14H20ClNO5S/c1-20-8-3-6-16(7-9-21-2)14(17)11-4-5-12(15)13(10-11)22(18)19/h4-5,10H,3,6-9H2,1-2H3,(H,18,19). The molecule has 6 nitrogen and oxygen atoms in total. The van der Waals surface area contributed by atoms with Gasteiger partial charge in [0.1, 0.15) is 0 Å². The SMILES string of the molecule is COCCCN(CCOC)C(=O)c1ccc(Cl)c(S(=O)O)c1. The summed E-state index contributed by atoms with van der Waals surface area (Å²) in [5, 5.41) is 0.153. The third-order valence-corrected chi connectivity index (χ3v) is 4.15. The van der Waals surface area contributed by atoms with Crippen LogP contribution in [0.4, 0.5) is 0 Å². The molecule has 1 atom stereocenters. The minimum absolute atomic E-state index is 0.0242. The molecule has 0 aromatic heterocycles. The van der Waals surface area contributed by atoms with Crippen LogP contribution in [0.25, 0.3) is 0 Å². The molecule has 8 heteroatoms. The molecule has 0 bridgehead atoms. The molecule has 0 heterocycles. The van der Waals surface area contributed by atoms with E-state index in [1.54, 1.807) is 19.1 Å². The average molecular weight is 350 g/mol. The maximum atomic E-state index is 12.5. The Balaban J connectivity index is 2.91. The van der Waals surface area contributed by atoms with Crippen LogP contribution in [0.5, 0.6) is 0 Å². The van der Waals surface area contributed by atoms with Gasteiger partial charge in [-0.3, -0.25) is 4.79 Å². The molecule has 0 saturated carbocycles. The van der Waals surface area contributed by atoms with E-state index < -0.39 is 11.1 Å². The summed E-state index contributed by atoms with van der Waals surface area (Å²) < 4.78 is 30.4. The second kappa shape index (κ2) is 9.91. The number of hydrogen-bond acceptors (Lipinski definition) is 4. The normalized spacial score (nSPS) is 12.2. The van der Waals surface area contributed by atoms with E-state index in [0.717, 1.165) is 0 Å². The maximum absolute atomic E-state index is 12.5. The number of amides is 1. The van der Waals surface area contributed by atoms with Crippen LogP contribution < -0.4 is 0 Å². The number of rotatable bonds is 9. The fourth-order valence-corrected chi connectivity index (χ4v) is 2.65. The van der Waals surface area contributed by atoms with E-state index >= 15 is 0 Å². The third kappa shape index (κ3) is 5.66. The van der Waals surface area contributed by atoms with Crippen molar-refractivity contribution in [1.29, 1.82) is 0 Å². The van der Waals surface area contributed by atoms with Gasteiger partial charge < -0.3 is 18.9 Å². The Morgan fingerprint density at radius 3 is 2.55 bits per heavy atom. The Bertz CT molecular complexity index is 526. The zero-order chi connectivity index (χ0) is 16.5. The molecule has 0 fully saturated rings. The van der Waals surface area contributed by atoms with Crippen molar-refractivity contribution in [2.45, 2.75) is 11.3 Å². The summed E-state index contributed by atoms with van der Waals surface area (Å²) in [6.07, 6.45) is 0.693. The number of nitrogens with zero attached hydrogens (tertiary/aromatic N) is 1. The predicted octanol–water partition coefficient (Wildman–Crippen LogP) is 2.05. The highest BCUT2D eigenvalue weighted by Gasteiger charge is 2.18. The predicted molar refractivity (Wildman–Crippen MR) is 84.8 cm³/mol. The Morgan fingerprint density at radius 2 is 1.95 bits per heavy atom. The second-order valence-electron chi connectivity index (χ2n) is 4.53. The van der Waals surface area contributed by atoms with Crippen LogP contribution in [0.2, 0.25) is 5.02 Å². The first-order chi connectivity index (χ1) is 10.5. The van der Waals surface area contributed by atoms with Crippen molar-refractivity contribution in [3.8, 4) is 0 Å². The first-order valence-electron chi connectivity index (χ1n) is 6.68. The summed E-state index contributed by atoms with van der Waals surface area (Å²) in [7, 11) is 3.16. The van der Waals surface area contributed by atoms with Gasteiger partial charge in [0.2, 0.25) is 0 Å². The number of methoxy groups -OCH3 is 2. The Hall–Kier alpha value is -0.990. The zero-order valence-electron chi connectivity index (χ0n) is 12.6. The minimum atomic E-state index is -2.24. The van der Waals surface area contributed by atoms with Crippen LogP contribution in [0.15, 0.2) is 23.1 Å². The lowest BCUT2D eigenvalue weighted by Crippen LogP contribution is -2.35. The van der Waals surface area contributed by atoms with Gasteiger partial charge in [-0.1, -0.05) is 11.6 Å². The number of benzene rings is 1. The molecule has 1 amide bonds. The quantitative estimate of drug-likeness (QED) is 0.545. The van der Waals surface area contributed by atoms with Crippen molar-refractivity contribution >= 4 is 28.6 Å². The van der Waals surface area contributed by atoms with Gasteiger partial charge in [0.05, 0.1) is 16.5 Å². The number of carbonyl (C=O) groups is 1. The third-order valence-electron chi connectivity index (χ3n) is 3.00. The van der Waals surface area contributed by atoms with Gasteiger partial charge in [-0.2, -0.15) is 0 Å². The molecule has 0 saturated heterocycles. The van der Waals surface area contributed by atoms with Crippen molar-refractivity contribution < 1.29 is 23.0 Å². The maximum Gasteiger partial charge on any atom is 0.253 e. The topological polar surface area (TPSA) is 76.1 Å². The second-order valence-corrected chi connectivity index (χ2v) is 5.87. The van der Waals surface area contributed by atoms with Crippen molar-refractivity contribution in [1.82, 2.24) is 4.90 Å². The molecule has 0 aliphatic rings. The number of carbonyl (C=O) groups excluding carboxylic acids is 1. The highest BCUT2D eigenvalue weighted by atomic mass is 35.5. The number of ether oxygens (including phenoxy) is 2. The molecular formula is C14H20ClNO5S. The van der Waals surface area contributed by atoms with Crippen LogP contribution in [0.1, 0.15) is 16.8 Å². The van der Waals surface area contributed by atoms with Gasteiger partial charge in [0.25, 0.3) is 5.91 Å². The summed E-state index contributed by atoms with van der Waals surface area (Å²) in [4.78, 5) is 14.2. The van der Waals surface area contributed by atoms with Crippen molar-refractivity contribution in [3.05, 3.63) is 28.8 Å². The van der Waals surface area contributed by atoms with Crippen LogP contribution in [-0.4, -0.2) is 60.1 Å². The molecule has 0 aliphatic carbocycles. The minimum Gasteiger partial charge on any atom is -0.385 e. The molecule has 124 valence electrons. The van der Waals surface area contributed by atoms with E-state index in [4.69, 9.17) is 21.1 Å². The monoisotopic (exact) mass is 349 g/mol. The summed E-state index contributed by atoms with van der Waals surface area (Å²) in [6.45, 7) is 1.89. The van der Waals surface area contributed by atoms with Gasteiger partial charge in [-0.05, 0) is 24.6 Å². The van der Waals surface area contributed by atoms with E-state index in [2.05, 4.69) is 0 Å². The first-order valence-corrected chi connectivity index (χ1v) is 8.17. The fraction of sp³-hybridized carbons (Fsp3) is 0.500. The lowest BCUT2D eigenvalue weighted by Gasteiger charge is -2.22. The average Bonchev–Trinajstić information content (AvgIpc) is 2.50. The van der Waals surface area contributed by atoms with Crippen LogP contribution in [-0.2, 0) is 20.6 Å². The highest BCUT2D eigenvalue weighted by molar-refractivity contribution is 7.79. The number of halogens is 1. The smallest absolute Gasteiger partial charge is 0.253 e. The Morgan fingerprint density at radius 1 is 1.27 bits per heavy atom. The molecule has 0 spiro atoms. The highest BCUT2D eigenvalue weighted by Crippen LogP contribution is 2.21. The van der Waals surface area contributed by atoms with Crippen molar-refractivity contribution in [2.75, 3.05) is 40.5 Å². The van der Waals surface area contributed by atoms with Gasteiger partial charge >= 0.3 is 0 Å². The summed E-state index contributed by atoms with van der Waals surface area (Å²) in [6, 6.07) is 4.33. The molecule has 1 unspecified atom stereocenters. The van der Waals surface area contributed by atoms with E-state index in [1.165, 1.54) is 18.2 Å². The summed E-state index contributed by atoms with van der Waals surface area (Å²) >= 11 is 3.61. The molecule has 1 aromatic rings. The summed E-state index contributed by atoms with van der Waals surface area (Å²) in [5.74, 6) is -0.239. The van der Waals surface area contributed by atoms with Gasteiger partial charge in [0, 0.05) is 39.5 Å². The van der Waals surface area contributed by atoms with E-state index in [9.17, 15) is 13.6 Å². The van der Waals surface area contributed by atoms with Crippen molar-refractivity contribution in [2.24, 2.45) is 0 Å². The van der Waals surface area contributed by atoms with Crippen molar-refractivity contribution in [3.63, 3.8) is 0 Å². The molecule has 1 rings (SSSR count). The Labute approximate surface area is 137 Å². The zero-order valence-corrected chi connectivity index (χ0v) is 14.2. The van der Waals surface area contributed by atoms with Gasteiger partial charge in [-0.25, -0.2) is 4.21 Å². The van der Waals surface area contributed by atoms with Gasteiger partial charge in [0.15, 0.2) is 11.1 Å². The van der Waals surface area contributed by atoms with Crippen LogP contribution >= 0.6 is 11.6 Å². The largest absolute Gasteiger partial charge is 0.385 e.